The van der Waals surface area contributed by atoms with Crippen LogP contribution in [0.15, 0.2) is 36.2 Å². The summed E-state index contributed by atoms with van der Waals surface area (Å²) < 4.78 is 0. The third-order valence-electron chi connectivity index (χ3n) is 1.47. The first-order chi connectivity index (χ1) is 6.40. The quantitative estimate of drug-likeness (QED) is 0.446. The molecule has 0 unspecified atom stereocenters. The zero-order chi connectivity index (χ0) is 11.3. The molecule has 5 heteroatoms. The number of carboxylic acids is 2. The molecule has 0 aromatic rings. The highest BCUT2D eigenvalue weighted by atomic mass is 16.4. The van der Waals surface area contributed by atoms with E-state index in [1.165, 1.54) is 13.0 Å². The van der Waals surface area contributed by atoms with Gasteiger partial charge in [0.05, 0.1) is 5.57 Å². The Balaban J connectivity index is 4.85. The molecular formula is C9H11NO4. The normalized spacial score (nSPS) is 11.2. The van der Waals surface area contributed by atoms with Gasteiger partial charge >= 0.3 is 11.9 Å². The average molecular weight is 197 g/mol. The van der Waals surface area contributed by atoms with Crippen molar-refractivity contribution in [1.29, 1.82) is 0 Å². The molecule has 76 valence electrons. The van der Waals surface area contributed by atoms with Gasteiger partial charge in [-0.15, -0.1) is 0 Å². The van der Waals surface area contributed by atoms with Crippen LogP contribution in [0.4, 0.5) is 0 Å². The molecule has 0 aromatic heterocycles. The van der Waals surface area contributed by atoms with Crippen LogP contribution in [0, 0.1) is 0 Å². The third kappa shape index (κ3) is 3.14. The van der Waals surface area contributed by atoms with Crippen LogP contribution >= 0.6 is 0 Å². The zero-order valence-corrected chi connectivity index (χ0v) is 7.70. The van der Waals surface area contributed by atoms with Crippen LogP contribution in [0.2, 0.25) is 0 Å². The van der Waals surface area contributed by atoms with E-state index in [9.17, 15) is 9.59 Å². The van der Waals surface area contributed by atoms with Gasteiger partial charge in [0.15, 0.2) is 0 Å². The van der Waals surface area contributed by atoms with Crippen LogP contribution in [0.3, 0.4) is 0 Å². The van der Waals surface area contributed by atoms with Gasteiger partial charge in [0.1, 0.15) is 5.70 Å². The Hall–Kier alpha value is -2.04. The maximum atomic E-state index is 10.5. The summed E-state index contributed by atoms with van der Waals surface area (Å²) in [6.07, 6.45) is 1.22. The Bertz CT molecular complexity index is 328. The van der Waals surface area contributed by atoms with Gasteiger partial charge in [0, 0.05) is 5.70 Å². The maximum Gasteiger partial charge on any atom is 0.351 e. The summed E-state index contributed by atoms with van der Waals surface area (Å²) in [5.41, 5.74) is -0.215. The molecule has 0 amide bonds. The van der Waals surface area contributed by atoms with Gasteiger partial charge in [0.25, 0.3) is 0 Å². The lowest BCUT2D eigenvalue weighted by molar-refractivity contribution is -0.134. The van der Waals surface area contributed by atoms with Gasteiger partial charge in [-0.1, -0.05) is 13.2 Å². The molecular weight excluding hydrogens is 186 g/mol. The minimum absolute atomic E-state index is 0.0256. The lowest BCUT2D eigenvalue weighted by Crippen LogP contribution is -2.20. The van der Waals surface area contributed by atoms with Crippen molar-refractivity contribution in [3.05, 3.63) is 36.2 Å². The fraction of sp³-hybridized carbons (Fsp3) is 0.111. The molecule has 14 heavy (non-hydrogen) atoms. The number of carboxylic acid groups (broad SMARTS) is 2. The molecule has 0 aliphatic rings. The van der Waals surface area contributed by atoms with E-state index in [1.54, 1.807) is 0 Å². The van der Waals surface area contributed by atoms with E-state index < -0.39 is 11.9 Å². The second kappa shape index (κ2) is 4.86. The molecule has 0 atom stereocenters. The van der Waals surface area contributed by atoms with Gasteiger partial charge in [-0.25, -0.2) is 9.59 Å². The predicted molar refractivity (Wildman–Crippen MR) is 50.4 cm³/mol. The van der Waals surface area contributed by atoms with Crippen LogP contribution < -0.4 is 5.32 Å². The van der Waals surface area contributed by atoms with E-state index in [2.05, 4.69) is 18.5 Å². The van der Waals surface area contributed by atoms with Gasteiger partial charge in [-0.05, 0) is 13.0 Å². The van der Waals surface area contributed by atoms with E-state index in [0.717, 1.165) is 0 Å². The summed E-state index contributed by atoms with van der Waals surface area (Å²) >= 11 is 0. The van der Waals surface area contributed by atoms with Gasteiger partial charge in [0.2, 0.25) is 0 Å². The van der Waals surface area contributed by atoms with Crippen molar-refractivity contribution in [2.45, 2.75) is 6.92 Å². The Morgan fingerprint density at radius 1 is 1.29 bits per heavy atom. The number of carbonyl (C=O) groups is 2. The summed E-state index contributed by atoms with van der Waals surface area (Å²) in [7, 11) is 0. The van der Waals surface area contributed by atoms with Crippen molar-refractivity contribution in [3.8, 4) is 0 Å². The van der Waals surface area contributed by atoms with Crippen molar-refractivity contribution in [3.63, 3.8) is 0 Å². The van der Waals surface area contributed by atoms with Crippen LogP contribution in [-0.2, 0) is 9.59 Å². The largest absolute Gasteiger partial charge is 0.478 e. The second-order valence-electron chi connectivity index (χ2n) is 2.46. The molecule has 0 spiro atoms. The molecule has 0 fully saturated rings. The first kappa shape index (κ1) is 12.0. The summed E-state index contributed by atoms with van der Waals surface area (Å²) in [6.45, 7) is 7.89. The van der Waals surface area contributed by atoms with E-state index in [1.807, 2.05) is 0 Å². The highest BCUT2D eigenvalue weighted by molar-refractivity contribution is 5.89. The highest BCUT2D eigenvalue weighted by Crippen LogP contribution is 2.04. The fourth-order valence-electron chi connectivity index (χ4n) is 0.629. The number of nitrogens with one attached hydrogen (secondary N) is 1. The monoisotopic (exact) mass is 197 g/mol. The maximum absolute atomic E-state index is 10.5. The first-order valence-electron chi connectivity index (χ1n) is 3.66. The second-order valence-corrected chi connectivity index (χ2v) is 2.46. The van der Waals surface area contributed by atoms with E-state index in [4.69, 9.17) is 10.2 Å². The predicted octanol–water partition coefficient (Wildman–Crippen LogP) is 0.719. The SMILES string of the molecule is C=C/C(NC(=C)C(=O)O)=C(\C)C(=O)O. The van der Waals surface area contributed by atoms with Crippen molar-refractivity contribution in [2.24, 2.45) is 0 Å². The van der Waals surface area contributed by atoms with E-state index >= 15 is 0 Å². The molecule has 0 heterocycles. The molecule has 3 N–H and O–H groups in total. The zero-order valence-electron chi connectivity index (χ0n) is 7.70. The molecule has 0 radical (unpaired) electrons. The van der Waals surface area contributed by atoms with E-state index in [0.29, 0.717) is 0 Å². The lowest BCUT2D eigenvalue weighted by Gasteiger charge is -2.07. The molecule has 0 saturated carbocycles. The van der Waals surface area contributed by atoms with Crippen molar-refractivity contribution in [2.75, 3.05) is 0 Å². The Morgan fingerprint density at radius 2 is 1.79 bits per heavy atom. The summed E-state index contributed by atoms with van der Waals surface area (Å²) in [6, 6.07) is 0. The minimum Gasteiger partial charge on any atom is -0.478 e. The Morgan fingerprint density at radius 3 is 2.07 bits per heavy atom. The summed E-state index contributed by atoms with van der Waals surface area (Å²) in [5, 5.41) is 19.4. The van der Waals surface area contributed by atoms with Crippen LogP contribution in [0.1, 0.15) is 6.92 Å². The van der Waals surface area contributed by atoms with Gasteiger partial charge in [-0.3, -0.25) is 0 Å². The van der Waals surface area contributed by atoms with Crippen molar-refractivity contribution < 1.29 is 19.8 Å². The first-order valence-corrected chi connectivity index (χ1v) is 3.66. The van der Waals surface area contributed by atoms with Crippen LogP contribution in [-0.4, -0.2) is 22.2 Å². The van der Waals surface area contributed by atoms with Crippen molar-refractivity contribution in [1.82, 2.24) is 5.32 Å². The summed E-state index contributed by atoms with van der Waals surface area (Å²) in [5.74, 6) is -2.40. The molecule has 0 aromatic carbocycles. The smallest absolute Gasteiger partial charge is 0.351 e. The molecule has 0 bridgehead atoms. The van der Waals surface area contributed by atoms with Crippen molar-refractivity contribution >= 4 is 11.9 Å². The van der Waals surface area contributed by atoms with E-state index in [-0.39, 0.29) is 17.0 Å². The van der Waals surface area contributed by atoms with Crippen LogP contribution in [0.5, 0.6) is 0 Å². The number of allylic oxidation sites excluding steroid dienone is 1. The minimum atomic E-state index is -1.25. The standard InChI is InChI=1S/C9H11NO4/c1-4-7(5(2)8(11)12)10-6(3)9(13)14/h4,10H,1,3H2,2H3,(H,11,12)(H,13,14)/b7-5-. The summed E-state index contributed by atoms with van der Waals surface area (Å²) in [4.78, 5) is 20.9. The molecule has 0 aliphatic carbocycles. The molecule has 0 rings (SSSR count). The molecule has 5 nitrogen and oxygen atoms in total. The lowest BCUT2D eigenvalue weighted by atomic mass is 10.2. The Labute approximate surface area is 81.1 Å². The number of hydrogen-bond acceptors (Lipinski definition) is 3. The van der Waals surface area contributed by atoms with Gasteiger partial charge in [-0.2, -0.15) is 0 Å². The topological polar surface area (TPSA) is 86.6 Å². The number of hydrogen-bond donors (Lipinski definition) is 3. The molecule has 0 aliphatic heterocycles. The van der Waals surface area contributed by atoms with Gasteiger partial charge < -0.3 is 15.5 Å². The highest BCUT2D eigenvalue weighted by Gasteiger charge is 2.10. The average Bonchev–Trinajstić information content (AvgIpc) is 2.12. The number of rotatable bonds is 5. The Kier molecular flexibility index (Phi) is 4.15. The molecule has 0 saturated heterocycles. The fourth-order valence-corrected chi connectivity index (χ4v) is 0.629. The van der Waals surface area contributed by atoms with Crippen LogP contribution in [0.25, 0.3) is 0 Å². The number of aliphatic carboxylic acids is 2. The third-order valence-corrected chi connectivity index (χ3v) is 1.47.